The maximum absolute atomic E-state index is 12.8. The summed E-state index contributed by atoms with van der Waals surface area (Å²) in [6.07, 6.45) is 2.60. The molecular formula is C29H26N4O3. The van der Waals surface area contributed by atoms with Crippen molar-refractivity contribution in [2.75, 3.05) is 32.8 Å². The van der Waals surface area contributed by atoms with Gasteiger partial charge < -0.3 is 19.9 Å². The van der Waals surface area contributed by atoms with Gasteiger partial charge in [0.05, 0.1) is 24.5 Å². The van der Waals surface area contributed by atoms with E-state index in [1.54, 1.807) is 6.20 Å². The highest BCUT2D eigenvalue weighted by Gasteiger charge is 2.20. The quantitative estimate of drug-likeness (QED) is 0.461. The van der Waals surface area contributed by atoms with E-state index in [9.17, 15) is 9.59 Å². The first-order chi connectivity index (χ1) is 17.7. The second-order valence-corrected chi connectivity index (χ2v) is 9.07. The highest BCUT2D eigenvalue weighted by molar-refractivity contribution is 5.98. The number of benzene rings is 2. The van der Waals surface area contributed by atoms with E-state index >= 15 is 0 Å². The number of hydrogen-bond donors (Lipinski definition) is 2. The van der Waals surface area contributed by atoms with Crippen molar-refractivity contribution in [3.63, 3.8) is 0 Å². The number of ether oxygens (including phenoxy) is 1. The normalized spacial score (nSPS) is 15.3. The molecule has 6 rings (SSSR count). The van der Waals surface area contributed by atoms with Crippen LogP contribution in [0.2, 0.25) is 0 Å². The molecule has 2 aliphatic rings. The number of morpholine rings is 1. The average molecular weight is 479 g/mol. The molecule has 0 aliphatic carbocycles. The number of H-pyrrole nitrogens is 1. The van der Waals surface area contributed by atoms with Crippen molar-refractivity contribution < 1.29 is 14.3 Å². The number of nitrogens with zero attached hydrogens (tertiary/aromatic N) is 2. The number of fused-ring (bicyclic) bond motifs is 1. The van der Waals surface area contributed by atoms with Crippen LogP contribution in [0.5, 0.6) is 0 Å². The Hall–Kier alpha value is -4.23. The highest BCUT2D eigenvalue weighted by atomic mass is 16.5. The Morgan fingerprint density at radius 1 is 0.889 bits per heavy atom. The smallest absolute Gasteiger partial charge is 0.254 e. The van der Waals surface area contributed by atoms with Crippen LogP contribution in [0.4, 0.5) is 0 Å². The average Bonchev–Trinajstić information content (AvgIpc) is 3.39. The first-order valence-electron chi connectivity index (χ1n) is 12.2. The van der Waals surface area contributed by atoms with E-state index in [2.05, 4.69) is 27.4 Å². The molecule has 0 radical (unpaired) electrons. The van der Waals surface area contributed by atoms with Crippen LogP contribution in [-0.2, 0) is 11.2 Å². The summed E-state index contributed by atoms with van der Waals surface area (Å²) in [6.45, 7) is 3.10. The summed E-state index contributed by atoms with van der Waals surface area (Å²) in [4.78, 5) is 34.8. The second kappa shape index (κ2) is 9.43. The lowest BCUT2D eigenvalue weighted by Crippen LogP contribution is -2.40. The van der Waals surface area contributed by atoms with E-state index in [0.29, 0.717) is 44.0 Å². The van der Waals surface area contributed by atoms with Crippen molar-refractivity contribution in [2.45, 2.75) is 6.42 Å². The van der Waals surface area contributed by atoms with Crippen LogP contribution in [0.1, 0.15) is 26.4 Å². The SMILES string of the molecule is O=C1NCCc2[nH]c(-c3ccnc(-c4cccc(-c5ccc(C(=O)N6CCOCC6)cc5)c4)c3)cc21. The molecule has 4 heterocycles. The second-order valence-electron chi connectivity index (χ2n) is 9.07. The molecule has 36 heavy (non-hydrogen) atoms. The molecule has 2 aliphatic heterocycles. The van der Waals surface area contributed by atoms with Gasteiger partial charge in [-0.1, -0.05) is 30.3 Å². The van der Waals surface area contributed by atoms with E-state index in [1.807, 2.05) is 59.5 Å². The number of carbonyl (C=O) groups excluding carboxylic acids is 2. The van der Waals surface area contributed by atoms with Crippen molar-refractivity contribution in [1.82, 2.24) is 20.2 Å². The Bertz CT molecular complexity index is 1440. The molecule has 0 unspecified atom stereocenters. The predicted octanol–water partition coefficient (Wildman–Crippen LogP) is 4.17. The molecule has 180 valence electrons. The van der Waals surface area contributed by atoms with Crippen LogP contribution in [-0.4, -0.2) is 59.5 Å². The van der Waals surface area contributed by atoms with Gasteiger partial charge in [0, 0.05) is 60.3 Å². The van der Waals surface area contributed by atoms with E-state index in [0.717, 1.165) is 45.8 Å². The Kier molecular flexibility index (Phi) is 5.83. The Balaban J connectivity index is 1.25. The molecule has 1 fully saturated rings. The Labute approximate surface area is 209 Å². The lowest BCUT2D eigenvalue weighted by atomic mass is 9.99. The summed E-state index contributed by atoms with van der Waals surface area (Å²) in [5.74, 6) is 0.0153. The summed E-state index contributed by atoms with van der Waals surface area (Å²) < 4.78 is 5.35. The van der Waals surface area contributed by atoms with Crippen LogP contribution in [0.15, 0.2) is 72.9 Å². The first kappa shape index (κ1) is 22.2. The fourth-order valence-corrected chi connectivity index (χ4v) is 4.82. The number of amides is 2. The number of pyridine rings is 1. The van der Waals surface area contributed by atoms with Crippen molar-refractivity contribution in [3.8, 4) is 33.6 Å². The van der Waals surface area contributed by atoms with E-state index < -0.39 is 0 Å². The monoisotopic (exact) mass is 478 g/mol. The third-order valence-electron chi connectivity index (χ3n) is 6.80. The summed E-state index contributed by atoms with van der Waals surface area (Å²) in [6, 6.07) is 21.9. The lowest BCUT2D eigenvalue weighted by Gasteiger charge is -2.26. The fourth-order valence-electron chi connectivity index (χ4n) is 4.82. The maximum atomic E-state index is 12.8. The fraction of sp³-hybridized carbons (Fsp3) is 0.207. The van der Waals surface area contributed by atoms with Crippen LogP contribution in [0.25, 0.3) is 33.6 Å². The molecule has 7 heteroatoms. The Morgan fingerprint density at radius 2 is 1.69 bits per heavy atom. The molecule has 7 nitrogen and oxygen atoms in total. The number of aromatic nitrogens is 2. The minimum absolute atomic E-state index is 0.0293. The van der Waals surface area contributed by atoms with Gasteiger partial charge in [-0.3, -0.25) is 14.6 Å². The van der Waals surface area contributed by atoms with Crippen LogP contribution in [0, 0.1) is 0 Å². The number of aromatic amines is 1. The third-order valence-corrected chi connectivity index (χ3v) is 6.80. The zero-order valence-electron chi connectivity index (χ0n) is 19.8. The molecule has 2 aromatic carbocycles. The third kappa shape index (κ3) is 4.29. The minimum atomic E-state index is -0.0293. The molecular weight excluding hydrogens is 452 g/mol. The van der Waals surface area contributed by atoms with Crippen LogP contribution in [0.3, 0.4) is 0 Å². The zero-order valence-corrected chi connectivity index (χ0v) is 19.8. The van der Waals surface area contributed by atoms with Gasteiger partial charge in [-0.05, 0) is 47.5 Å². The topological polar surface area (TPSA) is 87.3 Å². The van der Waals surface area contributed by atoms with Gasteiger partial charge in [0.25, 0.3) is 11.8 Å². The summed E-state index contributed by atoms with van der Waals surface area (Å²) in [7, 11) is 0. The first-order valence-corrected chi connectivity index (χ1v) is 12.2. The van der Waals surface area contributed by atoms with Gasteiger partial charge in [-0.15, -0.1) is 0 Å². The lowest BCUT2D eigenvalue weighted by molar-refractivity contribution is 0.0303. The minimum Gasteiger partial charge on any atom is -0.378 e. The van der Waals surface area contributed by atoms with Gasteiger partial charge in [-0.2, -0.15) is 0 Å². The molecule has 0 saturated carbocycles. The number of hydrogen-bond acceptors (Lipinski definition) is 4. The molecule has 2 aromatic heterocycles. The van der Waals surface area contributed by atoms with Crippen LogP contribution >= 0.6 is 0 Å². The van der Waals surface area contributed by atoms with Gasteiger partial charge in [0.1, 0.15) is 0 Å². The summed E-state index contributed by atoms with van der Waals surface area (Å²) in [5.41, 5.74) is 8.22. The van der Waals surface area contributed by atoms with Crippen molar-refractivity contribution in [2.24, 2.45) is 0 Å². The van der Waals surface area contributed by atoms with Gasteiger partial charge in [0.15, 0.2) is 0 Å². The summed E-state index contributed by atoms with van der Waals surface area (Å²) in [5, 5.41) is 2.89. The van der Waals surface area contributed by atoms with Gasteiger partial charge >= 0.3 is 0 Å². The van der Waals surface area contributed by atoms with Gasteiger partial charge in [0.2, 0.25) is 0 Å². The molecule has 0 atom stereocenters. The Morgan fingerprint density at radius 3 is 2.50 bits per heavy atom. The molecule has 1 saturated heterocycles. The number of rotatable bonds is 4. The molecule has 2 amide bonds. The molecule has 2 N–H and O–H groups in total. The van der Waals surface area contributed by atoms with E-state index in [1.165, 1.54) is 0 Å². The number of carbonyl (C=O) groups is 2. The standard InChI is InChI=1S/C29H26N4O3/c34-28-24-18-27(32-25(24)9-11-31-28)23-8-10-30-26(17-23)22-3-1-2-21(16-22)19-4-6-20(7-5-19)29(35)33-12-14-36-15-13-33/h1-8,10,16-18,32H,9,11-15H2,(H,31,34). The van der Waals surface area contributed by atoms with E-state index in [-0.39, 0.29) is 11.8 Å². The maximum Gasteiger partial charge on any atom is 0.254 e. The van der Waals surface area contributed by atoms with Crippen molar-refractivity contribution in [3.05, 3.63) is 89.7 Å². The zero-order chi connectivity index (χ0) is 24.5. The van der Waals surface area contributed by atoms with Crippen LogP contribution < -0.4 is 5.32 Å². The number of nitrogens with one attached hydrogen (secondary N) is 2. The molecule has 0 bridgehead atoms. The predicted molar refractivity (Wildman–Crippen MR) is 138 cm³/mol. The summed E-state index contributed by atoms with van der Waals surface area (Å²) >= 11 is 0. The molecule has 0 spiro atoms. The van der Waals surface area contributed by atoms with E-state index in [4.69, 9.17) is 4.74 Å². The van der Waals surface area contributed by atoms with Crippen molar-refractivity contribution >= 4 is 11.8 Å². The highest BCUT2D eigenvalue weighted by Crippen LogP contribution is 2.29. The van der Waals surface area contributed by atoms with Gasteiger partial charge in [-0.25, -0.2) is 0 Å². The largest absolute Gasteiger partial charge is 0.378 e. The van der Waals surface area contributed by atoms with Crippen molar-refractivity contribution in [1.29, 1.82) is 0 Å². The molecule has 4 aromatic rings.